The van der Waals surface area contributed by atoms with Crippen molar-refractivity contribution >= 4 is 23.2 Å². The third-order valence-electron chi connectivity index (χ3n) is 4.35. The van der Waals surface area contributed by atoms with Crippen molar-refractivity contribution in [2.45, 2.75) is 12.1 Å². The number of aliphatic hydroxyl groups is 1. The van der Waals surface area contributed by atoms with Crippen LogP contribution in [0.25, 0.3) is 0 Å². The van der Waals surface area contributed by atoms with Gasteiger partial charge in [0.15, 0.2) is 0 Å². The summed E-state index contributed by atoms with van der Waals surface area (Å²) < 4.78 is 26.6. The maximum absolute atomic E-state index is 13.3. The van der Waals surface area contributed by atoms with Gasteiger partial charge in [-0.15, -0.1) is 0 Å². The van der Waals surface area contributed by atoms with Gasteiger partial charge >= 0.3 is 0 Å². The molecular formula is C21H17Cl2F2NO. The van der Waals surface area contributed by atoms with Crippen LogP contribution in [-0.4, -0.2) is 11.7 Å². The van der Waals surface area contributed by atoms with Crippen molar-refractivity contribution in [3.63, 3.8) is 0 Å². The smallest absolute Gasteiger partial charge is 0.127 e. The van der Waals surface area contributed by atoms with E-state index in [-0.39, 0.29) is 6.54 Å². The van der Waals surface area contributed by atoms with Gasteiger partial charge < -0.3 is 10.4 Å². The van der Waals surface area contributed by atoms with Gasteiger partial charge in [0.25, 0.3) is 0 Å². The summed E-state index contributed by atoms with van der Waals surface area (Å²) in [5, 5.41) is 15.6. The molecule has 0 bridgehead atoms. The Morgan fingerprint density at radius 3 is 1.81 bits per heavy atom. The molecule has 0 atom stereocenters. The maximum atomic E-state index is 13.3. The summed E-state index contributed by atoms with van der Waals surface area (Å²) in [6.45, 7) is 0.504. The average Bonchev–Trinajstić information content (AvgIpc) is 2.64. The summed E-state index contributed by atoms with van der Waals surface area (Å²) in [4.78, 5) is 0. The molecule has 140 valence electrons. The molecule has 0 aliphatic rings. The molecule has 0 aliphatic heterocycles. The van der Waals surface area contributed by atoms with E-state index in [0.717, 1.165) is 5.56 Å². The number of benzene rings is 3. The minimum atomic E-state index is -1.47. The predicted molar refractivity (Wildman–Crippen MR) is 104 cm³/mol. The lowest BCUT2D eigenvalue weighted by Crippen LogP contribution is -2.39. The molecule has 0 spiro atoms. The van der Waals surface area contributed by atoms with Gasteiger partial charge in [0, 0.05) is 23.1 Å². The molecule has 3 rings (SSSR count). The minimum Gasteiger partial charge on any atom is -0.379 e. The van der Waals surface area contributed by atoms with Crippen molar-refractivity contribution in [3.8, 4) is 0 Å². The molecule has 2 nitrogen and oxygen atoms in total. The monoisotopic (exact) mass is 407 g/mol. The topological polar surface area (TPSA) is 32.3 Å². The number of hydrogen-bond acceptors (Lipinski definition) is 2. The van der Waals surface area contributed by atoms with E-state index in [1.54, 1.807) is 18.2 Å². The summed E-state index contributed by atoms with van der Waals surface area (Å²) in [6, 6.07) is 16.3. The maximum Gasteiger partial charge on any atom is 0.127 e. The third kappa shape index (κ3) is 4.66. The van der Waals surface area contributed by atoms with Crippen LogP contribution in [0, 0.1) is 11.6 Å². The molecule has 0 aliphatic carbocycles. The van der Waals surface area contributed by atoms with Gasteiger partial charge in [-0.2, -0.15) is 0 Å². The summed E-state index contributed by atoms with van der Waals surface area (Å²) >= 11 is 12.1. The van der Waals surface area contributed by atoms with E-state index < -0.39 is 17.2 Å². The van der Waals surface area contributed by atoms with E-state index in [4.69, 9.17) is 23.2 Å². The summed E-state index contributed by atoms with van der Waals surface area (Å²) in [6.07, 6.45) is 0. The van der Waals surface area contributed by atoms with Crippen LogP contribution < -0.4 is 5.32 Å². The highest BCUT2D eigenvalue weighted by Crippen LogP contribution is 2.30. The van der Waals surface area contributed by atoms with Crippen molar-refractivity contribution < 1.29 is 13.9 Å². The quantitative estimate of drug-likeness (QED) is 0.581. The molecule has 0 unspecified atom stereocenters. The van der Waals surface area contributed by atoms with Gasteiger partial charge in [-0.3, -0.25) is 0 Å². The first kappa shape index (κ1) is 19.8. The largest absolute Gasteiger partial charge is 0.379 e. The van der Waals surface area contributed by atoms with Gasteiger partial charge in [0.2, 0.25) is 0 Å². The highest BCUT2D eigenvalue weighted by Gasteiger charge is 2.31. The first-order chi connectivity index (χ1) is 12.9. The molecule has 2 N–H and O–H groups in total. The van der Waals surface area contributed by atoms with Crippen molar-refractivity contribution in [3.05, 3.63) is 105 Å². The zero-order valence-corrected chi connectivity index (χ0v) is 15.7. The van der Waals surface area contributed by atoms with E-state index in [9.17, 15) is 13.9 Å². The standard InChI is InChI=1S/C21H17Cl2F2NO/c22-17-6-1-14(20(23)11-17)12-26-13-21(27,15-2-7-18(24)8-3-15)16-4-9-19(25)10-5-16/h1-11,26-27H,12-13H2. The predicted octanol–water partition coefficient (Wildman–Crippen LogP) is 5.30. The van der Waals surface area contributed by atoms with Gasteiger partial charge in [-0.1, -0.05) is 53.5 Å². The molecule has 0 heterocycles. The molecule has 0 aromatic heterocycles. The number of rotatable bonds is 6. The van der Waals surface area contributed by atoms with Crippen molar-refractivity contribution in [2.75, 3.05) is 6.54 Å². The Kier molecular flexibility index (Phi) is 6.12. The zero-order valence-electron chi connectivity index (χ0n) is 14.2. The fourth-order valence-corrected chi connectivity index (χ4v) is 3.34. The molecule has 0 saturated heterocycles. The molecule has 3 aromatic carbocycles. The zero-order chi connectivity index (χ0) is 19.4. The van der Waals surface area contributed by atoms with Crippen LogP contribution in [0.15, 0.2) is 66.7 Å². The molecule has 0 fully saturated rings. The number of hydrogen-bond donors (Lipinski definition) is 2. The molecule has 0 amide bonds. The molecule has 3 aromatic rings. The summed E-state index contributed by atoms with van der Waals surface area (Å²) in [5.41, 5.74) is 0.331. The van der Waals surface area contributed by atoms with E-state index in [0.29, 0.717) is 27.7 Å². The summed E-state index contributed by atoms with van der Waals surface area (Å²) in [5.74, 6) is -0.803. The minimum absolute atomic E-state index is 0.114. The lowest BCUT2D eigenvalue weighted by atomic mass is 9.86. The highest BCUT2D eigenvalue weighted by molar-refractivity contribution is 6.35. The SMILES string of the molecule is OC(CNCc1ccc(Cl)cc1Cl)(c1ccc(F)cc1)c1ccc(F)cc1. The second kappa shape index (κ2) is 8.36. The Labute approximate surface area is 166 Å². The van der Waals surface area contributed by atoms with E-state index in [1.807, 2.05) is 0 Å². The fourth-order valence-electron chi connectivity index (χ4n) is 2.87. The molecule has 0 saturated carbocycles. The average molecular weight is 408 g/mol. The summed E-state index contributed by atoms with van der Waals surface area (Å²) in [7, 11) is 0. The van der Waals surface area contributed by atoms with E-state index in [2.05, 4.69) is 5.32 Å². The van der Waals surface area contributed by atoms with Gasteiger partial charge in [0.05, 0.1) is 0 Å². The normalized spacial score (nSPS) is 11.6. The Balaban J connectivity index is 1.85. The van der Waals surface area contributed by atoms with Crippen LogP contribution >= 0.6 is 23.2 Å². The highest BCUT2D eigenvalue weighted by atomic mass is 35.5. The third-order valence-corrected chi connectivity index (χ3v) is 4.94. The van der Waals surface area contributed by atoms with Crippen LogP contribution in [0.1, 0.15) is 16.7 Å². The lowest BCUT2D eigenvalue weighted by molar-refractivity contribution is 0.0795. The molecular weight excluding hydrogens is 391 g/mol. The van der Waals surface area contributed by atoms with Crippen LogP contribution in [0.4, 0.5) is 8.78 Å². The Hall–Kier alpha value is -1.98. The first-order valence-electron chi connectivity index (χ1n) is 8.27. The molecule has 27 heavy (non-hydrogen) atoms. The van der Waals surface area contributed by atoms with Crippen molar-refractivity contribution in [1.29, 1.82) is 0 Å². The number of nitrogens with one attached hydrogen (secondary N) is 1. The van der Waals surface area contributed by atoms with Crippen LogP contribution in [0.2, 0.25) is 10.0 Å². The Morgan fingerprint density at radius 2 is 1.33 bits per heavy atom. The Bertz CT molecular complexity index is 869. The second-order valence-corrected chi connectivity index (χ2v) is 7.06. The van der Waals surface area contributed by atoms with Gasteiger partial charge in [0.1, 0.15) is 17.2 Å². The first-order valence-corrected chi connectivity index (χ1v) is 9.03. The van der Waals surface area contributed by atoms with Crippen LogP contribution in [0.3, 0.4) is 0 Å². The van der Waals surface area contributed by atoms with Crippen molar-refractivity contribution in [2.24, 2.45) is 0 Å². The Morgan fingerprint density at radius 1 is 0.815 bits per heavy atom. The van der Waals surface area contributed by atoms with Crippen LogP contribution in [-0.2, 0) is 12.1 Å². The lowest BCUT2D eigenvalue weighted by Gasteiger charge is -2.30. The van der Waals surface area contributed by atoms with Crippen LogP contribution in [0.5, 0.6) is 0 Å². The van der Waals surface area contributed by atoms with E-state index in [1.165, 1.54) is 48.5 Å². The molecule has 0 radical (unpaired) electrons. The van der Waals surface area contributed by atoms with E-state index >= 15 is 0 Å². The number of halogens is 4. The molecule has 6 heteroatoms. The van der Waals surface area contributed by atoms with Gasteiger partial charge in [-0.25, -0.2) is 8.78 Å². The van der Waals surface area contributed by atoms with Crippen molar-refractivity contribution in [1.82, 2.24) is 5.32 Å². The fraction of sp³-hybridized carbons (Fsp3) is 0.143. The second-order valence-electron chi connectivity index (χ2n) is 6.21. The van der Waals surface area contributed by atoms with Gasteiger partial charge in [-0.05, 0) is 53.1 Å².